The number of ether oxygens (including phenoxy) is 1. The van der Waals surface area contributed by atoms with Crippen LogP contribution in [0.4, 0.5) is 18.9 Å². The lowest BCUT2D eigenvalue weighted by Crippen LogP contribution is -2.29. The van der Waals surface area contributed by atoms with Gasteiger partial charge in [-0.1, -0.05) is 23.7 Å². The molecule has 2 N–H and O–H groups in total. The topological polar surface area (TPSA) is 85.2 Å². The minimum Gasteiger partial charge on any atom is -0.482 e. The zero-order valence-corrected chi connectivity index (χ0v) is 18.0. The maximum absolute atomic E-state index is 13.3. The van der Waals surface area contributed by atoms with E-state index in [1.54, 1.807) is 43.3 Å². The Morgan fingerprint density at radius 3 is 2.79 bits per heavy atom. The average molecular weight is 479 g/mol. The van der Waals surface area contributed by atoms with Crippen molar-refractivity contribution >= 4 is 29.1 Å². The summed E-state index contributed by atoms with van der Waals surface area (Å²) < 4.78 is 46.3. The first-order valence-corrected chi connectivity index (χ1v) is 10.3. The van der Waals surface area contributed by atoms with Gasteiger partial charge in [0.1, 0.15) is 5.75 Å². The number of hydrogen-bond donors (Lipinski definition) is 2. The molecule has 1 unspecified atom stereocenters. The summed E-state index contributed by atoms with van der Waals surface area (Å²) in [6, 6.07) is 12.1. The lowest BCUT2D eigenvalue weighted by atomic mass is 9.99. The van der Waals surface area contributed by atoms with Crippen molar-refractivity contribution in [1.82, 2.24) is 15.1 Å². The summed E-state index contributed by atoms with van der Waals surface area (Å²) >= 11 is 5.97. The van der Waals surface area contributed by atoms with Gasteiger partial charge in [0, 0.05) is 5.02 Å². The van der Waals surface area contributed by atoms with Crippen molar-refractivity contribution in [3.8, 4) is 11.4 Å². The van der Waals surface area contributed by atoms with E-state index < -0.39 is 23.7 Å². The third-order valence-corrected chi connectivity index (χ3v) is 5.34. The van der Waals surface area contributed by atoms with E-state index in [2.05, 4.69) is 15.7 Å². The molecule has 2 amide bonds. The average Bonchev–Trinajstić information content (AvgIpc) is 3.21. The number of halogens is 4. The summed E-state index contributed by atoms with van der Waals surface area (Å²) in [5.74, 6) is -0.848. The molecule has 1 aliphatic rings. The Kier molecular flexibility index (Phi) is 6.03. The predicted octanol–water partition coefficient (Wildman–Crippen LogP) is 4.30. The molecule has 1 aromatic heterocycles. The zero-order valence-electron chi connectivity index (χ0n) is 17.2. The van der Waals surface area contributed by atoms with Crippen molar-refractivity contribution in [2.75, 3.05) is 11.9 Å². The summed E-state index contributed by atoms with van der Waals surface area (Å²) in [5, 5.41) is 9.33. The quantitative estimate of drug-likeness (QED) is 0.572. The molecule has 0 saturated carbocycles. The molecule has 0 aliphatic carbocycles. The molecule has 0 radical (unpaired) electrons. The summed E-state index contributed by atoms with van der Waals surface area (Å²) in [7, 11) is 0. The zero-order chi connectivity index (χ0) is 23.8. The van der Waals surface area contributed by atoms with Gasteiger partial charge in [0.15, 0.2) is 12.3 Å². The number of anilines is 1. The third-order valence-electron chi connectivity index (χ3n) is 5.10. The molecule has 0 spiro atoms. The standard InChI is InChI=1S/C22H18ClF3N4O3/c1-12(13-5-6-17-18(7-13)33-11-20(31)28-17)21(32)27-10-16-9-19(22(24,25)26)29-30(16)15-4-2-3-14(23)8-15/h2-9,12H,10-11H2,1H3,(H,27,32)(H,28,31). The van der Waals surface area contributed by atoms with Crippen molar-refractivity contribution in [2.45, 2.75) is 25.6 Å². The number of rotatable bonds is 5. The van der Waals surface area contributed by atoms with Gasteiger partial charge in [0.25, 0.3) is 5.91 Å². The van der Waals surface area contributed by atoms with Crippen LogP contribution in [-0.2, 0) is 22.3 Å². The maximum atomic E-state index is 13.3. The first-order chi connectivity index (χ1) is 15.6. The van der Waals surface area contributed by atoms with Crippen LogP contribution in [0.15, 0.2) is 48.5 Å². The van der Waals surface area contributed by atoms with Gasteiger partial charge in [0.2, 0.25) is 5.91 Å². The molecule has 172 valence electrons. The van der Waals surface area contributed by atoms with E-state index in [-0.39, 0.29) is 24.8 Å². The Bertz CT molecular complexity index is 1230. The fraction of sp³-hybridized carbons (Fsp3) is 0.227. The van der Waals surface area contributed by atoms with Crippen LogP contribution in [0, 0.1) is 0 Å². The van der Waals surface area contributed by atoms with Gasteiger partial charge >= 0.3 is 6.18 Å². The molecular formula is C22H18ClF3N4O3. The van der Waals surface area contributed by atoms with Crippen molar-refractivity contribution in [3.63, 3.8) is 0 Å². The highest BCUT2D eigenvalue weighted by atomic mass is 35.5. The number of benzene rings is 2. The molecule has 0 bridgehead atoms. The van der Waals surface area contributed by atoms with Crippen LogP contribution in [0.5, 0.6) is 5.75 Å². The van der Waals surface area contributed by atoms with E-state index in [9.17, 15) is 22.8 Å². The third kappa shape index (κ3) is 4.95. The normalized spacial score (nSPS) is 14.2. The molecule has 2 heterocycles. The molecule has 0 fully saturated rings. The van der Waals surface area contributed by atoms with Crippen LogP contribution in [-0.4, -0.2) is 28.2 Å². The Morgan fingerprint density at radius 2 is 2.06 bits per heavy atom. The monoisotopic (exact) mass is 478 g/mol. The Labute approximate surface area is 191 Å². The second-order valence-corrected chi connectivity index (χ2v) is 7.88. The fourth-order valence-electron chi connectivity index (χ4n) is 3.36. The number of nitrogens with one attached hydrogen (secondary N) is 2. The highest BCUT2D eigenvalue weighted by molar-refractivity contribution is 6.30. The fourth-order valence-corrected chi connectivity index (χ4v) is 3.54. The predicted molar refractivity (Wildman–Crippen MR) is 114 cm³/mol. The summed E-state index contributed by atoms with van der Waals surface area (Å²) in [6.07, 6.45) is -4.64. The van der Waals surface area contributed by atoms with Gasteiger partial charge in [-0.05, 0) is 48.9 Å². The molecule has 4 rings (SSSR count). The molecule has 7 nitrogen and oxygen atoms in total. The SMILES string of the molecule is CC(C(=O)NCc1cc(C(F)(F)F)nn1-c1cccc(Cl)c1)c1ccc2c(c1)OCC(=O)N2. The van der Waals surface area contributed by atoms with Crippen LogP contribution in [0.3, 0.4) is 0 Å². The highest BCUT2D eigenvalue weighted by Crippen LogP contribution is 2.32. The molecule has 2 aromatic carbocycles. The highest BCUT2D eigenvalue weighted by Gasteiger charge is 2.35. The van der Waals surface area contributed by atoms with Crippen molar-refractivity contribution in [3.05, 3.63) is 70.5 Å². The van der Waals surface area contributed by atoms with Gasteiger partial charge in [-0.3, -0.25) is 9.59 Å². The summed E-state index contributed by atoms with van der Waals surface area (Å²) in [4.78, 5) is 24.1. The Balaban J connectivity index is 1.53. The van der Waals surface area contributed by atoms with Gasteiger partial charge in [-0.2, -0.15) is 18.3 Å². The number of aromatic nitrogens is 2. The first kappa shape index (κ1) is 22.7. The second-order valence-electron chi connectivity index (χ2n) is 7.44. The van der Waals surface area contributed by atoms with Crippen LogP contribution in [0.1, 0.15) is 29.8 Å². The molecule has 33 heavy (non-hydrogen) atoms. The van der Waals surface area contributed by atoms with E-state index in [0.717, 1.165) is 10.7 Å². The Hall–Kier alpha value is -3.53. The number of fused-ring (bicyclic) bond motifs is 1. The van der Waals surface area contributed by atoms with Gasteiger partial charge in [-0.25, -0.2) is 4.68 Å². The largest absolute Gasteiger partial charge is 0.482 e. The lowest BCUT2D eigenvalue weighted by Gasteiger charge is -2.20. The Morgan fingerprint density at radius 1 is 1.27 bits per heavy atom. The van der Waals surface area contributed by atoms with Crippen molar-refractivity contribution in [1.29, 1.82) is 0 Å². The van der Waals surface area contributed by atoms with Gasteiger partial charge in [0.05, 0.1) is 29.5 Å². The van der Waals surface area contributed by atoms with E-state index in [0.29, 0.717) is 27.7 Å². The maximum Gasteiger partial charge on any atom is 0.435 e. The minimum absolute atomic E-state index is 0.119. The summed E-state index contributed by atoms with van der Waals surface area (Å²) in [6.45, 7) is 1.36. The van der Waals surface area contributed by atoms with Crippen LogP contribution < -0.4 is 15.4 Å². The number of nitrogens with zero attached hydrogens (tertiary/aromatic N) is 2. The minimum atomic E-state index is -4.64. The van der Waals surface area contributed by atoms with Crippen molar-refractivity contribution in [2.24, 2.45) is 0 Å². The smallest absolute Gasteiger partial charge is 0.435 e. The number of carbonyl (C=O) groups is 2. The van der Waals surface area contributed by atoms with Gasteiger partial charge in [-0.15, -0.1) is 0 Å². The number of amides is 2. The number of hydrogen-bond acceptors (Lipinski definition) is 4. The molecule has 11 heteroatoms. The van der Waals surface area contributed by atoms with Crippen LogP contribution in [0.25, 0.3) is 5.69 Å². The first-order valence-electron chi connectivity index (χ1n) is 9.88. The van der Waals surface area contributed by atoms with E-state index in [1.165, 1.54) is 6.07 Å². The summed E-state index contributed by atoms with van der Waals surface area (Å²) in [5.41, 5.74) is 0.536. The lowest BCUT2D eigenvalue weighted by molar-refractivity contribution is -0.141. The van der Waals surface area contributed by atoms with Crippen molar-refractivity contribution < 1.29 is 27.5 Å². The number of alkyl halides is 3. The van der Waals surface area contributed by atoms with Crippen LogP contribution >= 0.6 is 11.6 Å². The van der Waals surface area contributed by atoms with E-state index in [1.807, 2.05) is 0 Å². The molecular weight excluding hydrogens is 461 g/mol. The molecule has 3 aromatic rings. The van der Waals surface area contributed by atoms with E-state index >= 15 is 0 Å². The molecule has 0 saturated heterocycles. The molecule has 1 atom stereocenters. The second kappa shape index (κ2) is 8.78. The van der Waals surface area contributed by atoms with E-state index in [4.69, 9.17) is 16.3 Å². The number of carbonyl (C=O) groups excluding carboxylic acids is 2. The molecule has 1 aliphatic heterocycles. The van der Waals surface area contributed by atoms with Crippen LogP contribution in [0.2, 0.25) is 5.02 Å². The van der Waals surface area contributed by atoms with Gasteiger partial charge < -0.3 is 15.4 Å².